The van der Waals surface area contributed by atoms with Crippen molar-refractivity contribution in [2.24, 2.45) is 0 Å². The number of benzene rings is 2. The molecule has 17 heavy (non-hydrogen) atoms. The van der Waals surface area contributed by atoms with Crippen LogP contribution in [0.3, 0.4) is 0 Å². The van der Waals surface area contributed by atoms with Gasteiger partial charge >= 0.3 is 0 Å². The molecule has 0 radical (unpaired) electrons. The molecule has 0 saturated heterocycles. The molecule has 2 N–H and O–H groups in total. The van der Waals surface area contributed by atoms with E-state index in [0.29, 0.717) is 18.0 Å². The third-order valence-corrected chi connectivity index (χ3v) is 3.06. The molecule has 0 saturated carbocycles. The first kappa shape index (κ1) is 12.0. The second-order valence-electron chi connectivity index (χ2n) is 3.68. The second kappa shape index (κ2) is 5.23. The summed E-state index contributed by atoms with van der Waals surface area (Å²) in [5.41, 5.74) is 8.87. The number of rotatable bonds is 3. The monoisotopic (exact) mass is 291 g/mol. The Morgan fingerprint density at radius 3 is 2.41 bits per heavy atom. The summed E-state index contributed by atoms with van der Waals surface area (Å²) in [5, 5.41) is 0. The van der Waals surface area contributed by atoms with Crippen molar-refractivity contribution in [3.8, 4) is 16.9 Å². The Labute approximate surface area is 110 Å². The second-order valence-corrected chi connectivity index (χ2v) is 4.53. The highest BCUT2D eigenvalue weighted by Gasteiger charge is 2.08. The Hall–Kier alpha value is -1.48. The lowest BCUT2D eigenvalue weighted by Crippen LogP contribution is -1.98. The zero-order chi connectivity index (χ0) is 12.3. The number of hydrogen-bond donors (Lipinski definition) is 1. The van der Waals surface area contributed by atoms with Crippen molar-refractivity contribution in [3.05, 3.63) is 46.9 Å². The quantitative estimate of drug-likeness (QED) is 0.864. The maximum atomic E-state index is 5.99. The van der Waals surface area contributed by atoms with Crippen LogP contribution < -0.4 is 10.5 Å². The van der Waals surface area contributed by atoms with Gasteiger partial charge in [0.05, 0.1) is 16.8 Å². The van der Waals surface area contributed by atoms with Gasteiger partial charge in [-0.05, 0) is 46.1 Å². The number of hydrogen-bond acceptors (Lipinski definition) is 2. The van der Waals surface area contributed by atoms with E-state index < -0.39 is 0 Å². The predicted molar refractivity (Wildman–Crippen MR) is 75.2 cm³/mol. The van der Waals surface area contributed by atoms with Gasteiger partial charge in [-0.3, -0.25) is 0 Å². The molecule has 0 aliphatic rings. The van der Waals surface area contributed by atoms with E-state index >= 15 is 0 Å². The van der Waals surface area contributed by atoms with Crippen LogP contribution in [-0.4, -0.2) is 6.61 Å². The molecule has 88 valence electrons. The van der Waals surface area contributed by atoms with Crippen LogP contribution in [0.2, 0.25) is 0 Å². The van der Waals surface area contributed by atoms with E-state index in [2.05, 4.69) is 28.1 Å². The summed E-state index contributed by atoms with van der Waals surface area (Å²) in [6, 6.07) is 14.1. The van der Waals surface area contributed by atoms with Crippen molar-refractivity contribution in [2.75, 3.05) is 12.3 Å². The molecule has 0 spiro atoms. The number of anilines is 1. The Morgan fingerprint density at radius 1 is 1.12 bits per heavy atom. The highest BCUT2D eigenvalue weighted by molar-refractivity contribution is 9.10. The van der Waals surface area contributed by atoms with Gasteiger partial charge < -0.3 is 10.5 Å². The summed E-state index contributed by atoms with van der Waals surface area (Å²) in [5.74, 6) is 0.715. The summed E-state index contributed by atoms with van der Waals surface area (Å²) >= 11 is 3.49. The van der Waals surface area contributed by atoms with Gasteiger partial charge in [0.2, 0.25) is 0 Å². The Bertz CT molecular complexity index is 488. The maximum Gasteiger partial charge on any atom is 0.156 e. The Kier molecular flexibility index (Phi) is 3.69. The van der Waals surface area contributed by atoms with E-state index in [0.717, 1.165) is 15.6 Å². The lowest BCUT2D eigenvalue weighted by atomic mass is 10.1. The highest BCUT2D eigenvalue weighted by atomic mass is 79.9. The van der Waals surface area contributed by atoms with Gasteiger partial charge in [0.15, 0.2) is 5.75 Å². The van der Waals surface area contributed by atoms with Crippen LogP contribution in [-0.2, 0) is 0 Å². The molecule has 0 fully saturated rings. The van der Waals surface area contributed by atoms with Gasteiger partial charge in [-0.1, -0.05) is 30.3 Å². The fourth-order valence-corrected chi connectivity index (χ4v) is 2.30. The minimum absolute atomic E-state index is 0.605. The number of nitrogen functional groups attached to an aromatic ring is 1. The molecule has 3 heteroatoms. The number of halogens is 1. The standard InChI is InChI=1S/C14H14BrNO/c1-2-17-14-12(15)8-11(9-13(14)16)10-6-4-3-5-7-10/h3-9H,2,16H2,1H3. The van der Waals surface area contributed by atoms with Gasteiger partial charge in [0, 0.05) is 0 Å². The third kappa shape index (κ3) is 2.61. The van der Waals surface area contributed by atoms with E-state index in [4.69, 9.17) is 10.5 Å². The Balaban J connectivity index is 2.46. The highest BCUT2D eigenvalue weighted by Crippen LogP contribution is 2.36. The molecule has 0 bridgehead atoms. The van der Waals surface area contributed by atoms with Crippen molar-refractivity contribution in [3.63, 3.8) is 0 Å². The molecule has 2 aromatic rings. The largest absolute Gasteiger partial charge is 0.491 e. The summed E-state index contributed by atoms with van der Waals surface area (Å²) in [6.07, 6.45) is 0. The molecule has 2 nitrogen and oxygen atoms in total. The number of ether oxygens (including phenoxy) is 1. The van der Waals surface area contributed by atoms with E-state index in [1.807, 2.05) is 37.3 Å². The lowest BCUT2D eigenvalue weighted by Gasteiger charge is -2.11. The van der Waals surface area contributed by atoms with Gasteiger partial charge in [0.25, 0.3) is 0 Å². The Morgan fingerprint density at radius 2 is 1.82 bits per heavy atom. The topological polar surface area (TPSA) is 35.2 Å². The summed E-state index contributed by atoms with van der Waals surface area (Å²) in [6.45, 7) is 2.55. The van der Waals surface area contributed by atoms with E-state index in [1.165, 1.54) is 0 Å². The van der Waals surface area contributed by atoms with Crippen LogP contribution in [0.15, 0.2) is 46.9 Å². The number of nitrogens with two attached hydrogens (primary N) is 1. The van der Waals surface area contributed by atoms with E-state index in [-0.39, 0.29) is 0 Å². The fraction of sp³-hybridized carbons (Fsp3) is 0.143. The van der Waals surface area contributed by atoms with Crippen LogP contribution >= 0.6 is 15.9 Å². The molecule has 0 amide bonds. The first-order valence-electron chi connectivity index (χ1n) is 5.49. The van der Waals surface area contributed by atoms with Gasteiger partial charge in [-0.25, -0.2) is 0 Å². The van der Waals surface area contributed by atoms with Gasteiger partial charge in [-0.2, -0.15) is 0 Å². The molecule has 2 rings (SSSR count). The van der Waals surface area contributed by atoms with Crippen LogP contribution in [0.1, 0.15) is 6.92 Å². The van der Waals surface area contributed by atoms with Crippen molar-refractivity contribution in [1.82, 2.24) is 0 Å². The summed E-state index contributed by atoms with van der Waals surface area (Å²) in [4.78, 5) is 0. The molecule has 0 atom stereocenters. The zero-order valence-electron chi connectivity index (χ0n) is 9.61. The molecule has 0 aromatic heterocycles. The summed E-state index contributed by atoms with van der Waals surface area (Å²) < 4.78 is 6.37. The first-order chi connectivity index (χ1) is 8.22. The zero-order valence-corrected chi connectivity index (χ0v) is 11.2. The predicted octanol–water partition coefficient (Wildman–Crippen LogP) is 4.10. The maximum absolute atomic E-state index is 5.99. The fourth-order valence-electron chi connectivity index (χ4n) is 1.71. The molecule has 0 heterocycles. The average molecular weight is 292 g/mol. The lowest BCUT2D eigenvalue weighted by molar-refractivity contribution is 0.340. The molecular formula is C14H14BrNO. The van der Waals surface area contributed by atoms with Crippen molar-refractivity contribution >= 4 is 21.6 Å². The van der Waals surface area contributed by atoms with E-state index in [9.17, 15) is 0 Å². The normalized spacial score (nSPS) is 10.2. The van der Waals surface area contributed by atoms with Gasteiger partial charge in [0.1, 0.15) is 0 Å². The molecular weight excluding hydrogens is 278 g/mol. The smallest absolute Gasteiger partial charge is 0.156 e. The van der Waals surface area contributed by atoms with Crippen LogP contribution in [0, 0.1) is 0 Å². The minimum Gasteiger partial charge on any atom is -0.491 e. The van der Waals surface area contributed by atoms with Gasteiger partial charge in [-0.15, -0.1) is 0 Å². The van der Waals surface area contributed by atoms with Crippen molar-refractivity contribution in [1.29, 1.82) is 0 Å². The summed E-state index contributed by atoms with van der Waals surface area (Å²) in [7, 11) is 0. The third-order valence-electron chi connectivity index (χ3n) is 2.47. The van der Waals surface area contributed by atoms with Crippen LogP contribution in [0.4, 0.5) is 5.69 Å². The van der Waals surface area contributed by atoms with Crippen LogP contribution in [0.5, 0.6) is 5.75 Å². The van der Waals surface area contributed by atoms with Crippen LogP contribution in [0.25, 0.3) is 11.1 Å². The van der Waals surface area contributed by atoms with Crippen molar-refractivity contribution in [2.45, 2.75) is 6.92 Å². The van der Waals surface area contributed by atoms with Crippen molar-refractivity contribution < 1.29 is 4.74 Å². The molecule has 0 unspecified atom stereocenters. The average Bonchev–Trinajstić information content (AvgIpc) is 2.35. The SMILES string of the molecule is CCOc1c(N)cc(-c2ccccc2)cc1Br. The minimum atomic E-state index is 0.605. The first-order valence-corrected chi connectivity index (χ1v) is 6.29. The molecule has 2 aromatic carbocycles. The molecule has 0 aliphatic heterocycles. The van der Waals surface area contributed by atoms with E-state index in [1.54, 1.807) is 0 Å². The molecule has 0 aliphatic carbocycles.